The second-order valence-electron chi connectivity index (χ2n) is 7.37. The monoisotopic (exact) mass is 399 g/mol. The summed E-state index contributed by atoms with van der Waals surface area (Å²) in [5, 5.41) is 2.45. The lowest BCUT2D eigenvalue weighted by atomic mass is 10.0. The topological polar surface area (TPSA) is 38.4 Å². The first-order valence-corrected chi connectivity index (χ1v) is 9.89. The summed E-state index contributed by atoms with van der Waals surface area (Å²) < 4.78 is 2.26. The molecule has 0 fully saturated rings. The summed E-state index contributed by atoms with van der Waals surface area (Å²) >= 11 is 0. The Morgan fingerprint density at radius 2 is 1.29 bits per heavy atom. The van der Waals surface area contributed by atoms with E-state index in [1.54, 1.807) is 0 Å². The van der Waals surface area contributed by atoms with Gasteiger partial charge in [-0.1, -0.05) is 49.5 Å². The van der Waals surface area contributed by atoms with Crippen LogP contribution in [0.15, 0.2) is 94.4 Å². The summed E-state index contributed by atoms with van der Waals surface area (Å²) in [5.74, 6) is 0.109. The van der Waals surface area contributed by atoms with Crippen molar-refractivity contribution in [3.63, 3.8) is 0 Å². The van der Waals surface area contributed by atoms with Gasteiger partial charge in [-0.15, -0.1) is 9.98 Å². The SMILES string of the molecule is [C-]#[N+]C1=C([N+]#[C-])N=C(c2ccc(-n3c4ccccc4c4ccccc43)cc2)CC(C)=N1. The van der Waals surface area contributed by atoms with Crippen molar-refractivity contribution in [2.45, 2.75) is 13.3 Å². The minimum atomic E-state index is 0.0494. The third-order valence-electron chi connectivity index (χ3n) is 5.41. The van der Waals surface area contributed by atoms with Crippen LogP contribution in [0.4, 0.5) is 0 Å². The fraction of sp³-hybridized carbons (Fsp3) is 0.0769. The van der Waals surface area contributed by atoms with Gasteiger partial charge < -0.3 is 14.3 Å². The highest BCUT2D eigenvalue weighted by molar-refractivity contribution is 6.13. The van der Waals surface area contributed by atoms with E-state index in [9.17, 15) is 0 Å². The Hall–Kier alpha value is -4.48. The van der Waals surface area contributed by atoms with E-state index in [0.29, 0.717) is 6.42 Å². The summed E-state index contributed by atoms with van der Waals surface area (Å²) in [4.78, 5) is 15.5. The Bertz CT molecular complexity index is 1460. The number of nitrogens with zero attached hydrogens (tertiary/aromatic N) is 5. The van der Waals surface area contributed by atoms with E-state index in [1.807, 2.05) is 19.1 Å². The number of rotatable bonds is 2. The van der Waals surface area contributed by atoms with E-state index < -0.39 is 0 Å². The van der Waals surface area contributed by atoms with Crippen molar-refractivity contribution < 1.29 is 0 Å². The molecule has 3 aromatic carbocycles. The molecule has 0 spiro atoms. The number of hydrogen-bond acceptors (Lipinski definition) is 2. The van der Waals surface area contributed by atoms with Crippen LogP contribution < -0.4 is 0 Å². The fourth-order valence-electron chi connectivity index (χ4n) is 4.05. The lowest BCUT2D eigenvalue weighted by Gasteiger charge is -2.09. The molecule has 4 aromatic rings. The Labute approximate surface area is 179 Å². The molecule has 0 N–H and O–H groups in total. The van der Waals surface area contributed by atoms with Crippen molar-refractivity contribution in [3.8, 4) is 5.69 Å². The van der Waals surface area contributed by atoms with Gasteiger partial charge in [0.1, 0.15) is 11.4 Å². The van der Waals surface area contributed by atoms with Gasteiger partial charge in [0.05, 0.1) is 17.5 Å². The molecule has 5 rings (SSSR count). The molecule has 0 unspecified atom stereocenters. The molecule has 0 atom stereocenters. The molecule has 2 heterocycles. The third kappa shape index (κ3) is 3.10. The highest BCUT2D eigenvalue weighted by Gasteiger charge is 2.20. The zero-order valence-corrected chi connectivity index (χ0v) is 16.9. The standard InChI is InChI=1S/C26H17N5/c1-17-16-22(30-26(28-3)25(27-2)29-17)18-12-14-19(15-13-18)31-23-10-6-4-8-20(23)21-9-5-7-11-24(21)31/h4-15H,16H2,1H3. The zero-order chi connectivity index (χ0) is 21.4. The van der Waals surface area contributed by atoms with Crippen LogP contribution in [-0.4, -0.2) is 16.0 Å². The first kappa shape index (κ1) is 18.5. The van der Waals surface area contributed by atoms with Crippen LogP contribution in [0.3, 0.4) is 0 Å². The smallest absolute Gasteiger partial charge is 0.293 e. The molecule has 5 nitrogen and oxygen atoms in total. The molecule has 31 heavy (non-hydrogen) atoms. The van der Waals surface area contributed by atoms with Crippen LogP contribution >= 0.6 is 0 Å². The Balaban J connectivity index is 1.63. The molecule has 0 amide bonds. The van der Waals surface area contributed by atoms with Gasteiger partial charge in [-0.25, -0.2) is 0 Å². The van der Waals surface area contributed by atoms with Gasteiger partial charge in [-0.2, -0.15) is 0 Å². The highest BCUT2D eigenvalue weighted by Crippen LogP contribution is 2.32. The number of fused-ring (bicyclic) bond motifs is 3. The Kier molecular flexibility index (Phi) is 4.43. The van der Waals surface area contributed by atoms with E-state index >= 15 is 0 Å². The normalized spacial score (nSPS) is 14.0. The van der Waals surface area contributed by atoms with Gasteiger partial charge in [0.25, 0.3) is 11.6 Å². The first-order valence-electron chi connectivity index (χ1n) is 9.89. The van der Waals surface area contributed by atoms with Crippen molar-refractivity contribution in [3.05, 3.63) is 113 Å². The molecule has 0 radical (unpaired) electrons. The third-order valence-corrected chi connectivity index (χ3v) is 5.41. The number of aromatic nitrogens is 1. The summed E-state index contributed by atoms with van der Waals surface area (Å²) in [5.41, 5.74) is 5.82. The van der Waals surface area contributed by atoms with E-state index in [0.717, 1.165) is 33.7 Å². The molecular formula is C26H17N5. The molecule has 0 saturated heterocycles. The predicted molar refractivity (Wildman–Crippen MR) is 125 cm³/mol. The molecule has 1 aromatic heterocycles. The minimum absolute atomic E-state index is 0.0494. The maximum atomic E-state index is 7.37. The van der Waals surface area contributed by atoms with Gasteiger partial charge >= 0.3 is 0 Å². The van der Waals surface area contributed by atoms with Crippen molar-refractivity contribution in [1.29, 1.82) is 0 Å². The number of aliphatic imine (C=N–C) groups is 2. The second kappa shape index (κ2) is 7.40. The van der Waals surface area contributed by atoms with Gasteiger partial charge in [0, 0.05) is 22.0 Å². The summed E-state index contributed by atoms with van der Waals surface area (Å²) in [6.45, 7) is 16.5. The van der Waals surface area contributed by atoms with Gasteiger partial charge in [0.15, 0.2) is 0 Å². The van der Waals surface area contributed by atoms with E-state index in [1.165, 1.54) is 10.8 Å². The van der Waals surface area contributed by atoms with Gasteiger partial charge in [0.2, 0.25) is 0 Å². The maximum absolute atomic E-state index is 7.37. The number of hydrogen-bond donors (Lipinski definition) is 0. The van der Waals surface area contributed by atoms with Gasteiger partial charge in [-0.05, 0) is 43.3 Å². The molecule has 5 heteroatoms. The lowest BCUT2D eigenvalue weighted by molar-refractivity contribution is 1.18. The average Bonchev–Trinajstić information content (AvgIpc) is 3.05. The van der Waals surface area contributed by atoms with Crippen LogP contribution in [-0.2, 0) is 0 Å². The zero-order valence-electron chi connectivity index (χ0n) is 16.9. The fourth-order valence-corrected chi connectivity index (χ4v) is 4.05. The van der Waals surface area contributed by atoms with E-state index in [2.05, 4.69) is 84.9 Å². The summed E-state index contributed by atoms with van der Waals surface area (Å²) in [7, 11) is 0. The molecule has 0 saturated carbocycles. The molecule has 146 valence electrons. The molecule has 1 aliphatic rings. The molecule has 0 aliphatic carbocycles. The van der Waals surface area contributed by atoms with Crippen molar-refractivity contribution in [2.24, 2.45) is 9.98 Å². The van der Waals surface area contributed by atoms with E-state index in [4.69, 9.17) is 13.1 Å². The number of benzene rings is 3. The Morgan fingerprint density at radius 1 is 0.742 bits per heavy atom. The highest BCUT2D eigenvalue weighted by atomic mass is 15.1. The van der Waals surface area contributed by atoms with Crippen LogP contribution in [0, 0.1) is 13.1 Å². The van der Waals surface area contributed by atoms with Gasteiger partial charge in [-0.3, -0.25) is 0 Å². The summed E-state index contributed by atoms with van der Waals surface area (Å²) in [6, 6.07) is 25.0. The van der Waals surface area contributed by atoms with Crippen LogP contribution in [0.2, 0.25) is 0 Å². The van der Waals surface area contributed by atoms with Crippen LogP contribution in [0.1, 0.15) is 18.9 Å². The predicted octanol–water partition coefficient (Wildman–Crippen LogP) is 6.40. The lowest BCUT2D eigenvalue weighted by Crippen LogP contribution is -2.06. The van der Waals surface area contributed by atoms with Crippen molar-refractivity contribution in [2.75, 3.05) is 0 Å². The van der Waals surface area contributed by atoms with Crippen LogP contribution in [0.25, 0.3) is 37.2 Å². The van der Waals surface area contributed by atoms with Crippen molar-refractivity contribution >= 4 is 33.2 Å². The quantitative estimate of drug-likeness (QED) is 0.350. The summed E-state index contributed by atoms with van der Waals surface area (Å²) in [6.07, 6.45) is 0.507. The van der Waals surface area contributed by atoms with Crippen LogP contribution in [0.5, 0.6) is 0 Å². The minimum Gasteiger partial charge on any atom is -0.370 e. The second-order valence-corrected chi connectivity index (χ2v) is 7.37. The first-order chi connectivity index (χ1) is 15.2. The Morgan fingerprint density at radius 3 is 1.87 bits per heavy atom. The maximum Gasteiger partial charge on any atom is 0.293 e. The molecule has 1 aliphatic heterocycles. The van der Waals surface area contributed by atoms with E-state index in [-0.39, 0.29) is 11.6 Å². The largest absolute Gasteiger partial charge is 0.370 e. The van der Waals surface area contributed by atoms with Crippen molar-refractivity contribution in [1.82, 2.24) is 4.57 Å². The molecule has 0 bridgehead atoms. The average molecular weight is 399 g/mol. The molecular weight excluding hydrogens is 382 g/mol. The number of para-hydroxylation sites is 2.